The number of halogens is 4. The molecule has 0 amide bonds. The maximum Gasteiger partial charge on any atom is 0.203 e. The van der Waals surface area contributed by atoms with Crippen molar-refractivity contribution in [3.05, 3.63) is 29.3 Å². The summed E-state index contributed by atoms with van der Waals surface area (Å²) in [5, 5.41) is 0. The molecule has 1 aromatic rings. The Labute approximate surface area is 78.3 Å². The van der Waals surface area contributed by atoms with Gasteiger partial charge in [0.25, 0.3) is 0 Å². The van der Waals surface area contributed by atoms with Crippen LogP contribution in [0.5, 0.6) is 5.75 Å². The Hall–Kier alpha value is -1.26. The molecule has 0 unspecified atom stereocenters. The highest BCUT2D eigenvalue weighted by Crippen LogP contribution is 2.26. The van der Waals surface area contributed by atoms with Crippen LogP contribution in [0.3, 0.4) is 0 Å². The predicted octanol–water partition coefficient (Wildman–Crippen LogP) is 3.03. The van der Waals surface area contributed by atoms with E-state index in [2.05, 4.69) is 4.74 Å². The monoisotopic (exact) mass is 208 g/mol. The van der Waals surface area contributed by atoms with Crippen LogP contribution in [-0.4, -0.2) is 6.61 Å². The van der Waals surface area contributed by atoms with E-state index in [1.165, 1.54) is 0 Å². The molecule has 0 aliphatic carbocycles. The Kier molecular flexibility index (Phi) is 3.33. The Morgan fingerprint density at radius 3 is 2.00 bits per heavy atom. The lowest BCUT2D eigenvalue weighted by atomic mass is 10.3. The van der Waals surface area contributed by atoms with Gasteiger partial charge in [-0.2, -0.15) is 8.78 Å². The van der Waals surface area contributed by atoms with E-state index < -0.39 is 29.0 Å². The van der Waals surface area contributed by atoms with Crippen LogP contribution < -0.4 is 4.74 Å². The van der Waals surface area contributed by atoms with E-state index in [4.69, 9.17) is 0 Å². The minimum atomic E-state index is -1.50. The molecule has 0 radical (unpaired) electrons. The Bertz CT molecular complexity index is 312. The molecular weight excluding hydrogens is 200 g/mol. The molecule has 0 saturated heterocycles. The van der Waals surface area contributed by atoms with Gasteiger partial charge in [-0.3, -0.25) is 0 Å². The minimum absolute atomic E-state index is 0.00324. The van der Waals surface area contributed by atoms with Gasteiger partial charge < -0.3 is 4.74 Å². The number of ether oxygens (including phenoxy) is 1. The van der Waals surface area contributed by atoms with E-state index in [9.17, 15) is 17.6 Å². The van der Waals surface area contributed by atoms with Crippen LogP contribution >= 0.6 is 0 Å². The SMILES string of the molecule is CCCOc1c(F)c(F)cc(F)c1F. The summed E-state index contributed by atoms with van der Waals surface area (Å²) in [6, 6.07) is 0.142. The van der Waals surface area contributed by atoms with E-state index in [-0.39, 0.29) is 12.7 Å². The second kappa shape index (κ2) is 4.30. The standard InChI is InChI=1S/C9H8F4O/c1-2-3-14-9-7(12)5(10)4-6(11)8(9)13/h4H,2-3H2,1H3. The lowest BCUT2D eigenvalue weighted by Crippen LogP contribution is -2.04. The lowest BCUT2D eigenvalue weighted by Gasteiger charge is -2.07. The zero-order chi connectivity index (χ0) is 10.7. The molecule has 0 fully saturated rings. The summed E-state index contributed by atoms with van der Waals surface area (Å²) in [6.07, 6.45) is 0.483. The molecule has 0 aliphatic heterocycles. The Morgan fingerprint density at radius 1 is 1.07 bits per heavy atom. The van der Waals surface area contributed by atoms with Crippen molar-refractivity contribution in [3.63, 3.8) is 0 Å². The van der Waals surface area contributed by atoms with Crippen LogP contribution in [0.4, 0.5) is 17.6 Å². The van der Waals surface area contributed by atoms with Crippen molar-refractivity contribution < 1.29 is 22.3 Å². The third-order valence-corrected chi connectivity index (χ3v) is 1.52. The molecule has 1 nitrogen and oxygen atoms in total. The first-order valence-electron chi connectivity index (χ1n) is 4.03. The lowest BCUT2D eigenvalue weighted by molar-refractivity contribution is 0.271. The molecule has 0 spiro atoms. The van der Waals surface area contributed by atoms with Gasteiger partial charge in [-0.05, 0) is 6.42 Å². The van der Waals surface area contributed by atoms with Crippen LogP contribution in [0.15, 0.2) is 6.07 Å². The van der Waals surface area contributed by atoms with Crippen LogP contribution in [0.25, 0.3) is 0 Å². The van der Waals surface area contributed by atoms with Gasteiger partial charge in [-0.25, -0.2) is 8.78 Å². The number of rotatable bonds is 3. The zero-order valence-electron chi connectivity index (χ0n) is 7.41. The van der Waals surface area contributed by atoms with E-state index in [0.717, 1.165) is 0 Å². The molecule has 0 aliphatic rings. The molecule has 0 bridgehead atoms. The molecule has 0 aromatic heterocycles. The van der Waals surface area contributed by atoms with Gasteiger partial charge in [0.05, 0.1) is 6.61 Å². The van der Waals surface area contributed by atoms with Crippen molar-refractivity contribution in [2.75, 3.05) is 6.61 Å². The second-order valence-electron chi connectivity index (χ2n) is 2.65. The first-order valence-corrected chi connectivity index (χ1v) is 4.03. The fraction of sp³-hybridized carbons (Fsp3) is 0.333. The molecule has 1 rings (SSSR count). The van der Waals surface area contributed by atoms with Crippen molar-refractivity contribution in [1.29, 1.82) is 0 Å². The first-order chi connectivity index (χ1) is 6.57. The molecule has 0 N–H and O–H groups in total. The van der Waals surface area contributed by atoms with E-state index >= 15 is 0 Å². The zero-order valence-corrected chi connectivity index (χ0v) is 7.41. The normalized spacial score (nSPS) is 10.4. The fourth-order valence-electron chi connectivity index (χ4n) is 0.882. The molecular formula is C9H8F4O. The summed E-state index contributed by atoms with van der Waals surface area (Å²) in [5.41, 5.74) is 0. The largest absolute Gasteiger partial charge is 0.487 e. The third-order valence-electron chi connectivity index (χ3n) is 1.52. The highest BCUT2D eigenvalue weighted by atomic mass is 19.2. The summed E-state index contributed by atoms with van der Waals surface area (Å²) >= 11 is 0. The van der Waals surface area contributed by atoms with Gasteiger partial charge in [-0.15, -0.1) is 0 Å². The number of hydrogen-bond acceptors (Lipinski definition) is 1. The highest BCUT2D eigenvalue weighted by molar-refractivity contribution is 5.28. The average molecular weight is 208 g/mol. The molecule has 1 aromatic carbocycles. The molecule has 0 saturated carbocycles. The Balaban J connectivity index is 3.11. The second-order valence-corrected chi connectivity index (χ2v) is 2.65. The first kappa shape index (κ1) is 10.8. The quantitative estimate of drug-likeness (QED) is 0.548. The van der Waals surface area contributed by atoms with E-state index in [0.29, 0.717) is 6.42 Å². The Morgan fingerprint density at radius 2 is 1.57 bits per heavy atom. The van der Waals surface area contributed by atoms with E-state index in [1.54, 1.807) is 6.92 Å². The van der Waals surface area contributed by atoms with Gasteiger partial charge in [-0.1, -0.05) is 6.92 Å². The molecule has 0 atom stereocenters. The number of benzene rings is 1. The maximum absolute atomic E-state index is 12.9. The topological polar surface area (TPSA) is 9.23 Å². The minimum Gasteiger partial charge on any atom is -0.487 e. The molecule has 78 valence electrons. The fourth-order valence-corrected chi connectivity index (χ4v) is 0.882. The summed E-state index contributed by atoms with van der Waals surface area (Å²) in [7, 11) is 0. The van der Waals surface area contributed by atoms with Crippen molar-refractivity contribution in [1.82, 2.24) is 0 Å². The van der Waals surface area contributed by atoms with Crippen LogP contribution in [0.1, 0.15) is 13.3 Å². The van der Waals surface area contributed by atoms with Crippen molar-refractivity contribution in [2.45, 2.75) is 13.3 Å². The smallest absolute Gasteiger partial charge is 0.203 e. The molecule has 14 heavy (non-hydrogen) atoms. The molecule has 5 heteroatoms. The summed E-state index contributed by atoms with van der Waals surface area (Å²) < 4.78 is 55.4. The number of hydrogen-bond donors (Lipinski definition) is 0. The van der Waals surface area contributed by atoms with Crippen LogP contribution in [0, 0.1) is 23.3 Å². The predicted molar refractivity (Wildman–Crippen MR) is 42.1 cm³/mol. The third kappa shape index (κ3) is 1.97. The molecule has 0 heterocycles. The van der Waals surface area contributed by atoms with E-state index in [1.807, 2.05) is 0 Å². The van der Waals surface area contributed by atoms with Crippen LogP contribution in [0.2, 0.25) is 0 Å². The van der Waals surface area contributed by atoms with Crippen molar-refractivity contribution in [3.8, 4) is 5.75 Å². The van der Waals surface area contributed by atoms with Crippen LogP contribution in [-0.2, 0) is 0 Å². The van der Waals surface area contributed by atoms with Crippen molar-refractivity contribution in [2.24, 2.45) is 0 Å². The average Bonchev–Trinajstić information content (AvgIpc) is 2.15. The summed E-state index contributed by atoms with van der Waals surface area (Å²) in [4.78, 5) is 0. The maximum atomic E-state index is 12.9. The van der Waals surface area contributed by atoms with Gasteiger partial charge in [0, 0.05) is 6.07 Å². The van der Waals surface area contributed by atoms with Crippen molar-refractivity contribution >= 4 is 0 Å². The highest BCUT2D eigenvalue weighted by Gasteiger charge is 2.19. The van der Waals surface area contributed by atoms with Gasteiger partial charge in [0.15, 0.2) is 17.4 Å². The van der Waals surface area contributed by atoms with Gasteiger partial charge in [0.1, 0.15) is 0 Å². The summed E-state index contributed by atoms with van der Waals surface area (Å²) in [6.45, 7) is 1.70. The summed E-state index contributed by atoms with van der Waals surface area (Å²) in [5.74, 6) is -6.93. The van der Waals surface area contributed by atoms with Gasteiger partial charge in [0.2, 0.25) is 11.6 Å². The van der Waals surface area contributed by atoms with Gasteiger partial charge >= 0.3 is 0 Å².